The number of fused-ring (bicyclic) bond motifs is 2. The van der Waals surface area contributed by atoms with E-state index in [-0.39, 0.29) is 6.10 Å². The molecule has 1 aliphatic heterocycles. The van der Waals surface area contributed by atoms with Gasteiger partial charge in [0.15, 0.2) is 0 Å². The summed E-state index contributed by atoms with van der Waals surface area (Å²) in [6.07, 6.45) is 9.61. The lowest BCUT2D eigenvalue weighted by Crippen LogP contribution is -2.19. The zero-order valence-corrected chi connectivity index (χ0v) is 9.99. The molecule has 2 heteroatoms. The van der Waals surface area contributed by atoms with Gasteiger partial charge in [0.1, 0.15) is 5.78 Å². The van der Waals surface area contributed by atoms with Crippen LogP contribution < -0.4 is 0 Å². The Labute approximate surface area is 97.7 Å². The van der Waals surface area contributed by atoms with E-state index in [0.29, 0.717) is 12.2 Å². The summed E-state index contributed by atoms with van der Waals surface area (Å²) in [4.78, 5) is 12.0. The smallest absolute Gasteiger partial charge is 0.135 e. The molecular formula is C14H22O2. The van der Waals surface area contributed by atoms with Crippen LogP contribution in [0.1, 0.15) is 51.4 Å². The number of ether oxygens (including phenoxy) is 1. The minimum atomic E-state index is 0.256. The lowest BCUT2D eigenvalue weighted by Gasteiger charge is -2.21. The van der Waals surface area contributed by atoms with Crippen LogP contribution in [0.3, 0.4) is 0 Å². The van der Waals surface area contributed by atoms with Crippen molar-refractivity contribution in [3.05, 3.63) is 0 Å². The summed E-state index contributed by atoms with van der Waals surface area (Å²) >= 11 is 0. The molecule has 4 unspecified atom stereocenters. The van der Waals surface area contributed by atoms with E-state index < -0.39 is 0 Å². The van der Waals surface area contributed by atoms with Crippen LogP contribution in [-0.2, 0) is 9.53 Å². The standard InChI is InChI=1S/C14H22O2/c15-13(9-14-2-1-5-16-14)8-12-7-10-3-4-11(12)6-10/h10-12,14H,1-9H2. The first kappa shape index (κ1) is 10.8. The molecule has 1 saturated heterocycles. The quantitative estimate of drug-likeness (QED) is 0.731. The van der Waals surface area contributed by atoms with Gasteiger partial charge in [-0.3, -0.25) is 4.79 Å². The van der Waals surface area contributed by atoms with Crippen LogP contribution in [0.2, 0.25) is 0 Å². The number of rotatable bonds is 4. The highest BCUT2D eigenvalue weighted by Crippen LogP contribution is 2.49. The molecule has 0 aromatic heterocycles. The van der Waals surface area contributed by atoms with Crippen LogP contribution in [0.15, 0.2) is 0 Å². The Morgan fingerprint density at radius 1 is 1.12 bits per heavy atom. The summed E-state index contributed by atoms with van der Waals surface area (Å²) in [5.74, 6) is 3.04. The van der Waals surface area contributed by atoms with E-state index in [1.807, 2.05) is 0 Å². The lowest BCUT2D eigenvalue weighted by atomic mass is 9.84. The Kier molecular flexibility index (Phi) is 3.01. The van der Waals surface area contributed by atoms with Crippen LogP contribution in [0, 0.1) is 17.8 Å². The molecule has 3 aliphatic rings. The van der Waals surface area contributed by atoms with E-state index in [1.165, 1.54) is 25.7 Å². The average Bonchev–Trinajstić information content (AvgIpc) is 2.92. The lowest BCUT2D eigenvalue weighted by molar-refractivity contribution is -0.122. The molecule has 2 aliphatic carbocycles. The molecule has 4 atom stereocenters. The molecule has 16 heavy (non-hydrogen) atoms. The summed E-state index contributed by atoms with van der Waals surface area (Å²) in [5, 5.41) is 0. The topological polar surface area (TPSA) is 26.3 Å². The van der Waals surface area contributed by atoms with Crippen LogP contribution >= 0.6 is 0 Å². The molecule has 0 aromatic rings. The second-order valence-electron chi connectivity index (χ2n) is 6.02. The molecule has 2 saturated carbocycles. The van der Waals surface area contributed by atoms with Gasteiger partial charge in [0.25, 0.3) is 0 Å². The van der Waals surface area contributed by atoms with E-state index in [4.69, 9.17) is 4.74 Å². The van der Waals surface area contributed by atoms with Gasteiger partial charge in [-0.2, -0.15) is 0 Å². The van der Waals surface area contributed by atoms with Crippen molar-refractivity contribution in [2.75, 3.05) is 6.61 Å². The summed E-state index contributed by atoms with van der Waals surface area (Å²) < 4.78 is 5.53. The summed E-state index contributed by atoms with van der Waals surface area (Å²) in [7, 11) is 0. The largest absolute Gasteiger partial charge is 0.378 e. The van der Waals surface area contributed by atoms with Crippen molar-refractivity contribution in [2.24, 2.45) is 17.8 Å². The molecule has 2 bridgehead atoms. The van der Waals surface area contributed by atoms with Gasteiger partial charge in [0.2, 0.25) is 0 Å². The van der Waals surface area contributed by atoms with Gasteiger partial charge in [-0.05, 0) is 49.9 Å². The van der Waals surface area contributed by atoms with Crippen LogP contribution in [0.5, 0.6) is 0 Å². The van der Waals surface area contributed by atoms with E-state index in [1.54, 1.807) is 0 Å². The molecule has 3 rings (SSSR count). The van der Waals surface area contributed by atoms with Gasteiger partial charge in [-0.25, -0.2) is 0 Å². The maximum atomic E-state index is 12.0. The number of hydrogen-bond donors (Lipinski definition) is 0. The van der Waals surface area contributed by atoms with Crippen molar-refractivity contribution in [1.82, 2.24) is 0 Å². The fourth-order valence-corrected chi connectivity index (χ4v) is 4.06. The molecule has 90 valence electrons. The van der Waals surface area contributed by atoms with Crippen molar-refractivity contribution in [2.45, 2.75) is 57.5 Å². The predicted octanol–water partition coefficient (Wildman–Crippen LogP) is 2.95. The third kappa shape index (κ3) is 2.17. The van der Waals surface area contributed by atoms with E-state index in [0.717, 1.165) is 43.6 Å². The van der Waals surface area contributed by atoms with E-state index in [9.17, 15) is 4.79 Å². The first-order chi connectivity index (χ1) is 7.81. The molecule has 0 aromatic carbocycles. The molecule has 0 N–H and O–H groups in total. The number of Topliss-reactive ketones (excluding diaryl/α,β-unsaturated/α-hetero) is 1. The molecule has 0 spiro atoms. The Morgan fingerprint density at radius 3 is 2.69 bits per heavy atom. The fourth-order valence-electron chi connectivity index (χ4n) is 4.06. The first-order valence-electron chi connectivity index (χ1n) is 6.94. The first-order valence-corrected chi connectivity index (χ1v) is 6.94. The highest BCUT2D eigenvalue weighted by molar-refractivity contribution is 5.79. The fraction of sp³-hybridized carbons (Fsp3) is 0.929. The Hall–Kier alpha value is -0.370. The van der Waals surface area contributed by atoms with Crippen molar-refractivity contribution < 1.29 is 9.53 Å². The predicted molar refractivity (Wildman–Crippen MR) is 62.2 cm³/mol. The highest BCUT2D eigenvalue weighted by atomic mass is 16.5. The SMILES string of the molecule is O=C(CC1CCCO1)CC1CC2CCC1C2. The minimum Gasteiger partial charge on any atom is -0.378 e. The summed E-state index contributed by atoms with van der Waals surface area (Å²) in [6.45, 7) is 0.867. The Bertz CT molecular complexity index is 268. The van der Waals surface area contributed by atoms with Crippen molar-refractivity contribution in [1.29, 1.82) is 0 Å². The Morgan fingerprint density at radius 2 is 2.06 bits per heavy atom. The normalized spacial score (nSPS) is 41.8. The molecule has 0 radical (unpaired) electrons. The van der Waals surface area contributed by atoms with Crippen molar-refractivity contribution >= 4 is 5.78 Å². The van der Waals surface area contributed by atoms with Crippen LogP contribution in [-0.4, -0.2) is 18.5 Å². The van der Waals surface area contributed by atoms with Gasteiger partial charge >= 0.3 is 0 Å². The highest BCUT2D eigenvalue weighted by Gasteiger charge is 2.40. The van der Waals surface area contributed by atoms with Gasteiger partial charge < -0.3 is 4.74 Å². The van der Waals surface area contributed by atoms with Crippen LogP contribution in [0.25, 0.3) is 0 Å². The zero-order chi connectivity index (χ0) is 11.0. The third-order valence-corrected chi connectivity index (χ3v) is 4.85. The minimum absolute atomic E-state index is 0.256. The second kappa shape index (κ2) is 4.48. The zero-order valence-electron chi connectivity index (χ0n) is 9.99. The number of hydrogen-bond acceptors (Lipinski definition) is 2. The van der Waals surface area contributed by atoms with Gasteiger partial charge in [0.05, 0.1) is 6.10 Å². The summed E-state index contributed by atoms with van der Waals surface area (Å²) in [5.41, 5.74) is 0. The number of carbonyl (C=O) groups excluding carboxylic acids is 1. The molecular weight excluding hydrogens is 200 g/mol. The molecule has 2 nitrogen and oxygen atoms in total. The molecule has 3 fully saturated rings. The third-order valence-electron chi connectivity index (χ3n) is 4.85. The number of carbonyl (C=O) groups is 1. The van der Waals surface area contributed by atoms with Crippen molar-refractivity contribution in [3.63, 3.8) is 0 Å². The molecule has 1 heterocycles. The van der Waals surface area contributed by atoms with E-state index in [2.05, 4.69) is 0 Å². The van der Waals surface area contributed by atoms with Gasteiger partial charge in [-0.1, -0.05) is 6.42 Å². The van der Waals surface area contributed by atoms with E-state index >= 15 is 0 Å². The monoisotopic (exact) mass is 222 g/mol. The Balaban J connectivity index is 1.45. The number of ketones is 1. The van der Waals surface area contributed by atoms with Crippen LogP contribution in [0.4, 0.5) is 0 Å². The second-order valence-corrected chi connectivity index (χ2v) is 6.02. The maximum Gasteiger partial charge on any atom is 0.135 e. The molecule has 0 amide bonds. The maximum absolute atomic E-state index is 12.0. The van der Waals surface area contributed by atoms with Gasteiger partial charge in [-0.15, -0.1) is 0 Å². The van der Waals surface area contributed by atoms with Crippen molar-refractivity contribution in [3.8, 4) is 0 Å². The van der Waals surface area contributed by atoms with Gasteiger partial charge in [0, 0.05) is 19.4 Å². The average molecular weight is 222 g/mol. The summed E-state index contributed by atoms with van der Waals surface area (Å²) in [6, 6.07) is 0.